The highest BCUT2D eigenvalue weighted by atomic mass is 16.9. The molecule has 45 heavy (non-hydrogen) atoms. The molecule has 0 aliphatic carbocycles. The number of carbonyl (C=O) groups is 2. The van der Waals surface area contributed by atoms with Crippen LogP contribution in [0.5, 0.6) is 0 Å². The smallest absolute Gasteiger partial charge is 0.312 e. The Bertz CT molecular complexity index is 1290. The summed E-state index contributed by atoms with van der Waals surface area (Å²) in [6.45, 7) is 12.5. The van der Waals surface area contributed by atoms with Gasteiger partial charge in [-0.3, -0.25) is 9.59 Å². The van der Waals surface area contributed by atoms with E-state index in [2.05, 4.69) is 0 Å². The molecule has 6 heterocycles. The molecule has 7 unspecified atom stereocenters. The van der Waals surface area contributed by atoms with Gasteiger partial charge in [-0.2, -0.15) is 0 Å². The van der Waals surface area contributed by atoms with E-state index in [1.165, 1.54) is 0 Å². The first kappa shape index (κ1) is 31.4. The minimum absolute atomic E-state index is 0.0770. The number of hydrogen-bond acceptors (Lipinski definition) is 13. The molecular weight excluding hydrogens is 592 g/mol. The van der Waals surface area contributed by atoms with E-state index in [4.69, 9.17) is 52.1 Å². The summed E-state index contributed by atoms with van der Waals surface area (Å²) in [7, 11) is 0. The van der Waals surface area contributed by atoms with Gasteiger partial charge in [0.1, 0.15) is 43.0 Å². The van der Waals surface area contributed by atoms with Crippen LogP contribution in [0.1, 0.15) is 66.7 Å². The molecular formula is C32H42O13. The molecule has 0 bridgehead atoms. The number of benzene rings is 1. The predicted molar refractivity (Wildman–Crippen MR) is 150 cm³/mol. The monoisotopic (exact) mass is 634 g/mol. The van der Waals surface area contributed by atoms with Crippen molar-refractivity contribution in [1.29, 1.82) is 0 Å². The van der Waals surface area contributed by atoms with Gasteiger partial charge >= 0.3 is 11.9 Å². The summed E-state index contributed by atoms with van der Waals surface area (Å²) in [5, 5.41) is 0. The molecule has 6 aliphatic rings. The van der Waals surface area contributed by atoms with Crippen molar-refractivity contribution in [2.24, 2.45) is 5.41 Å². The van der Waals surface area contributed by atoms with Gasteiger partial charge in [-0.15, -0.1) is 0 Å². The van der Waals surface area contributed by atoms with Crippen LogP contribution in [-0.4, -0.2) is 97.6 Å². The van der Waals surface area contributed by atoms with Crippen LogP contribution >= 0.6 is 0 Å². The second-order valence-corrected chi connectivity index (χ2v) is 14.4. The van der Waals surface area contributed by atoms with Gasteiger partial charge in [0.25, 0.3) is 0 Å². The average molecular weight is 635 g/mol. The predicted octanol–water partition coefficient (Wildman–Crippen LogP) is 2.88. The molecule has 11 atom stereocenters. The third kappa shape index (κ3) is 5.80. The number of carbonyl (C=O) groups excluding carboxylic acids is 2. The van der Waals surface area contributed by atoms with Crippen molar-refractivity contribution in [2.45, 2.75) is 134 Å². The fraction of sp³-hybridized carbons (Fsp3) is 0.750. The van der Waals surface area contributed by atoms with E-state index in [1.54, 1.807) is 20.8 Å². The van der Waals surface area contributed by atoms with Crippen molar-refractivity contribution < 1.29 is 61.7 Å². The third-order valence-electron chi connectivity index (χ3n) is 8.78. The fourth-order valence-corrected chi connectivity index (χ4v) is 6.80. The Hall–Kier alpha value is -2.20. The lowest BCUT2D eigenvalue weighted by molar-refractivity contribution is -0.394. The molecule has 0 radical (unpaired) electrons. The molecule has 0 spiro atoms. The number of ether oxygens (including phenoxy) is 11. The standard InChI is InChI=1S/C32H42O13/c1-29(2,3)28(34)40-23-20-18(14-35-26(39-20)16-11-9-8-10-12-16)41-32(13-19(33)38-25(23)32)36-15-17-21-22(43-30(4,5)42-21)24-27(37-17)45-31(6,7)44-24/h8-12,17-18,20-27H,13-15H2,1-7H3/t17?,18?,20-,21+,22?,23?,24?,25?,26?,27-,32-/m1/s1. The first-order valence-corrected chi connectivity index (χ1v) is 15.5. The second-order valence-electron chi connectivity index (χ2n) is 14.4. The molecule has 1 aromatic rings. The highest BCUT2D eigenvalue weighted by Gasteiger charge is 2.67. The molecule has 13 nitrogen and oxygen atoms in total. The van der Waals surface area contributed by atoms with Crippen LogP contribution in [0.4, 0.5) is 0 Å². The van der Waals surface area contributed by atoms with E-state index in [9.17, 15) is 9.59 Å². The minimum atomic E-state index is -1.62. The lowest BCUT2D eigenvalue weighted by atomic mass is 9.90. The van der Waals surface area contributed by atoms with Crippen molar-refractivity contribution in [3.05, 3.63) is 35.9 Å². The third-order valence-corrected chi connectivity index (χ3v) is 8.78. The Balaban J connectivity index is 1.16. The van der Waals surface area contributed by atoms with E-state index >= 15 is 0 Å². The minimum Gasteiger partial charge on any atom is -0.455 e. The van der Waals surface area contributed by atoms with Gasteiger partial charge in [0, 0.05) is 5.56 Å². The SMILES string of the molecule is CC1(C)OC2C3OC(C)(C)O[C@H]3C(CO[C@@]34CC(=O)OC3C(OC(=O)C(C)(C)C)[C@@H]3OC(c5ccccc5)OCC3O4)O[C@@H]2O1. The fourth-order valence-electron chi connectivity index (χ4n) is 6.80. The van der Waals surface area contributed by atoms with Crippen molar-refractivity contribution in [3.63, 3.8) is 0 Å². The summed E-state index contributed by atoms with van der Waals surface area (Å²) in [5.74, 6) is -4.45. The van der Waals surface area contributed by atoms with Gasteiger partial charge < -0.3 is 52.1 Å². The second kappa shape index (κ2) is 10.9. The Labute approximate surface area is 261 Å². The van der Waals surface area contributed by atoms with Crippen LogP contribution in [0.25, 0.3) is 0 Å². The lowest BCUT2D eigenvalue weighted by Gasteiger charge is -2.51. The first-order valence-electron chi connectivity index (χ1n) is 15.5. The molecule has 248 valence electrons. The molecule has 13 heteroatoms. The van der Waals surface area contributed by atoms with Crippen LogP contribution < -0.4 is 0 Å². The summed E-state index contributed by atoms with van der Waals surface area (Å²) >= 11 is 0. The van der Waals surface area contributed by atoms with Gasteiger partial charge in [0.2, 0.25) is 5.79 Å². The van der Waals surface area contributed by atoms with Gasteiger partial charge in [-0.05, 0) is 48.5 Å². The summed E-state index contributed by atoms with van der Waals surface area (Å²) in [5.41, 5.74) is -0.0477. The van der Waals surface area contributed by atoms with Gasteiger partial charge in [-0.1, -0.05) is 30.3 Å². The van der Waals surface area contributed by atoms with Crippen molar-refractivity contribution in [1.82, 2.24) is 0 Å². The molecule has 1 aromatic carbocycles. The van der Waals surface area contributed by atoms with Crippen molar-refractivity contribution >= 4 is 11.9 Å². The topological polar surface area (TPSA) is 136 Å². The van der Waals surface area contributed by atoms with E-state index in [0.29, 0.717) is 0 Å². The molecule has 0 aromatic heterocycles. The zero-order chi connectivity index (χ0) is 31.9. The van der Waals surface area contributed by atoms with Crippen molar-refractivity contribution in [3.8, 4) is 0 Å². The molecule has 6 saturated heterocycles. The zero-order valence-corrected chi connectivity index (χ0v) is 26.6. The van der Waals surface area contributed by atoms with E-state index in [1.807, 2.05) is 58.0 Å². The number of esters is 2. The summed E-state index contributed by atoms with van der Waals surface area (Å²) in [6.07, 6.45) is -7.66. The maximum Gasteiger partial charge on any atom is 0.312 e. The maximum atomic E-state index is 13.3. The first-order chi connectivity index (χ1) is 21.1. The van der Waals surface area contributed by atoms with E-state index < -0.39 is 96.1 Å². The normalized spacial score (nSPS) is 43.0. The van der Waals surface area contributed by atoms with Gasteiger partial charge in [0.15, 0.2) is 36.4 Å². The Kier molecular flexibility index (Phi) is 7.62. The molecule has 6 fully saturated rings. The Morgan fingerprint density at radius 2 is 1.58 bits per heavy atom. The van der Waals surface area contributed by atoms with Crippen LogP contribution in [0, 0.1) is 5.41 Å². The molecule has 0 N–H and O–H groups in total. The molecule has 0 amide bonds. The van der Waals surface area contributed by atoms with Crippen molar-refractivity contribution in [2.75, 3.05) is 13.2 Å². The van der Waals surface area contributed by atoms with Crippen LogP contribution in [0.3, 0.4) is 0 Å². The Morgan fingerprint density at radius 1 is 0.889 bits per heavy atom. The molecule has 7 rings (SSSR count). The number of hydrogen-bond donors (Lipinski definition) is 0. The van der Waals surface area contributed by atoms with E-state index in [0.717, 1.165) is 5.56 Å². The van der Waals surface area contributed by atoms with Crippen LogP contribution in [0.2, 0.25) is 0 Å². The van der Waals surface area contributed by atoms with E-state index in [-0.39, 0.29) is 19.6 Å². The molecule has 0 saturated carbocycles. The summed E-state index contributed by atoms with van der Waals surface area (Å²) < 4.78 is 68.3. The molecule has 6 aliphatic heterocycles. The summed E-state index contributed by atoms with van der Waals surface area (Å²) in [6, 6.07) is 9.41. The maximum absolute atomic E-state index is 13.3. The van der Waals surface area contributed by atoms with Crippen LogP contribution in [0.15, 0.2) is 30.3 Å². The number of fused-ring (bicyclic) bond motifs is 5. The largest absolute Gasteiger partial charge is 0.455 e. The summed E-state index contributed by atoms with van der Waals surface area (Å²) in [4.78, 5) is 26.2. The Morgan fingerprint density at radius 3 is 2.31 bits per heavy atom. The lowest BCUT2D eigenvalue weighted by Crippen LogP contribution is -2.68. The van der Waals surface area contributed by atoms with Gasteiger partial charge in [-0.25, -0.2) is 0 Å². The average Bonchev–Trinajstić information content (AvgIpc) is 3.59. The van der Waals surface area contributed by atoms with Gasteiger partial charge in [0.05, 0.1) is 18.6 Å². The quantitative estimate of drug-likeness (QED) is 0.440. The van der Waals surface area contributed by atoms with Crippen LogP contribution in [-0.2, 0) is 61.7 Å². The highest BCUT2D eigenvalue weighted by molar-refractivity contribution is 5.76. The highest BCUT2D eigenvalue weighted by Crippen LogP contribution is 2.48. The zero-order valence-electron chi connectivity index (χ0n) is 26.6. The number of rotatable bonds is 5.